The van der Waals surface area contributed by atoms with Crippen molar-refractivity contribution in [3.8, 4) is 23.0 Å². The lowest BCUT2D eigenvalue weighted by atomic mass is 9.75. The molecule has 1 unspecified atom stereocenters. The van der Waals surface area contributed by atoms with Crippen molar-refractivity contribution in [3.05, 3.63) is 53.4 Å². The molecule has 8 rings (SSSR count). The van der Waals surface area contributed by atoms with Crippen LogP contribution in [0.15, 0.2) is 30.5 Å². The highest BCUT2D eigenvalue weighted by atomic mass is 19.1. The first kappa shape index (κ1) is 28.9. The maximum Gasteiger partial charge on any atom is 0.317 e. The van der Waals surface area contributed by atoms with Crippen LogP contribution in [-0.4, -0.2) is 67.6 Å². The molecule has 236 valence electrons. The summed E-state index contributed by atoms with van der Waals surface area (Å²) in [5, 5.41) is 22.6. The molecule has 0 amide bonds. The summed E-state index contributed by atoms with van der Waals surface area (Å²) in [4.78, 5) is 16.2. The lowest BCUT2D eigenvalue weighted by Crippen LogP contribution is -2.43. The highest BCUT2D eigenvalue weighted by Gasteiger charge is 2.50. The molecule has 6 atom stereocenters. The first-order chi connectivity index (χ1) is 21.7. The Hall–Kier alpha value is -3.50. The molecule has 2 aromatic heterocycles. The van der Waals surface area contributed by atoms with Crippen molar-refractivity contribution in [1.82, 2.24) is 19.9 Å². The molecule has 10 heteroatoms. The Morgan fingerprint density at radius 3 is 2.69 bits per heavy atom. The van der Waals surface area contributed by atoms with Crippen molar-refractivity contribution in [2.24, 2.45) is 11.8 Å². The van der Waals surface area contributed by atoms with Gasteiger partial charge in [0.1, 0.15) is 35.6 Å². The summed E-state index contributed by atoms with van der Waals surface area (Å²) < 4.78 is 52.6. The Morgan fingerprint density at radius 1 is 1.11 bits per heavy atom. The zero-order valence-electron chi connectivity index (χ0n) is 25.3. The van der Waals surface area contributed by atoms with Crippen molar-refractivity contribution in [3.63, 3.8) is 0 Å². The molecule has 2 aromatic carbocycles. The molecule has 2 aliphatic carbocycles. The van der Waals surface area contributed by atoms with E-state index in [0.29, 0.717) is 59.6 Å². The number of aryl methyl sites for hydroxylation is 1. The summed E-state index contributed by atoms with van der Waals surface area (Å²) in [7, 11) is 0. The third-order valence-electron chi connectivity index (χ3n) is 11.1. The summed E-state index contributed by atoms with van der Waals surface area (Å²) in [6.45, 7) is 3.26. The minimum atomic E-state index is -0.910. The molecule has 2 saturated carbocycles. The quantitative estimate of drug-likeness (QED) is 0.251. The average Bonchev–Trinajstić information content (AvgIpc) is 3.63. The number of alkyl halides is 1. The molecule has 2 aliphatic heterocycles. The van der Waals surface area contributed by atoms with Crippen LogP contribution < -0.4 is 4.74 Å². The molecular formula is C35H37F3N4O3. The third kappa shape index (κ3) is 4.66. The van der Waals surface area contributed by atoms with Gasteiger partial charge in [-0.1, -0.05) is 13.0 Å². The van der Waals surface area contributed by atoms with Gasteiger partial charge in [-0.15, -0.1) is 0 Å². The van der Waals surface area contributed by atoms with Gasteiger partial charge in [0.15, 0.2) is 5.82 Å². The molecule has 4 aromatic rings. The zero-order chi connectivity index (χ0) is 31.0. The average molecular weight is 619 g/mol. The maximum atomic E-state index is 16.9. The van der Waals surface area contributed by atoms with Crippen LogP contribution in [-0.2, 0) is 6.42 Å². The van der Waals surface area contributed by atoms with Crippen LogP contribution in [0.2, 0.25) is 0 Å². The minimum absolute atomic E-state index is 0.00136. The Bertz CT molecular complexity index is 1810. The number of fused-ring (bicyclic) bond motifs is 5. The second-order valence-electron chi connectivity index (χ2n) is 13.7. The molecule has 45 heavy (non-hydrogen) atoms. The number of hydrogen-bond donors (Lipinski definition) is 2. The summed E-state index contributed by atoms with van der Waals surface area (Å²) in [6, 6.07) is 5.92. The van der Waals surface area contributed by atoms with Crippen LogP contribution in [0.5, 0.6) is 11.8 Å². The van der Waals surface area contributed by atoms with Crippen LogP contribution in [0, 0.1) is 23.5 Å². The Morgan fingerprint density at radius 2 is 1.91 bits per heavy atom. The predicted molar refractivity (Wildman–Crippen MR) is 164 cm³/mol. The van der Waals surface area contributed by atoms with Crippen LogP contribution in [0.25, 0.3) is 32.9 Å². The number of phenols is 1. The van der Waals surface area contributed by atoms with E-state index < -0.39 is 23.3 Å². The normalized spacial score (nSPS) is 29.6. The number of hydrogen-bond acceptors (Lipinski definition) is 7. The Labute approximate surface area is 259 Å². The molecule has 2 saturated heterocycles. The van der Waals surface area contributed by atoms with Gasteiger partial charge in [-0.05, 0) is 97.9 Å². The van der Waals surface area contributed by atoms with E-state index >= 15 is 4.39 Å². The summed E-state index contributed by atoms with van der Waals surface area (Å²) in [5.41, 5.74) is 0.949. The molecule has 0 radical (unpaired) electrons. The van der Waals surface area contributed by atoms with Crippen molar-refractivity contribution >= 4 is 21.7 Å². The number of pyridine rings is 1. The van der Waals surface area contributed by atoms with E-state index in [1.807, 2.05) is 6.92 Å². The van der Waals surface area contributed by atoms with Gasteiger partial charge in [0.05, 0.1) is 17.3 Å². The van der Waals surface area contributed by atoms with Gasteiger partial charge < -0.3 is 14.9 Å². The fourth-order valence-corrected chi connectivity index (χ4v) is 9.19. The standard InChI is InChI=1S/C35H37F3N4O3/c1-2-24-27(37)7-6-20-12-23(44)13-25(29(20)24)32-30(38)33-26(15-39-32)31(28-18-4-5-19(28)11-22(43)10-18)40-34(41-33)45-17-35-8-3-9-42(35)16-21(36)14-35/h6-7,12-13,15,18-19,21-22,28,43-44H,2-5,8-11,14,16-17H2,1H3/t18-,19+,21-,22-,28?,35+/m1/s1. The topological polar surface area (TPSA) is 91.6 Å². The molecule has 4 heterocycles. The van der Waals surface area contributed by atoms with Crippen molar-refractivity contribution in [1.29, 1.82) is 0 Å². The largest absolute Gasteiger partial charge is 0.508 e. The number of rotatable bonds is 6. The minimum Gasteiger partial charge on any atom is -0.508 e. The number of phenolic OH excluding ortho intramolecular Hbond substituents is 1. The summed E-state index contributed by atoms with van der Waals surface area (Å²) in [6.07, 6.45) is 6.10. The number of aliphatic hydroxyl groups excluding tert-OH is 1. The SMILES string of the molecule is CCc1c(F)ccc2cc(O)cc(-c3ncc4c(C5[C@@H]6CC[C@H]5C[C@H](O)C6)nc(OC[C@@]56CCCN5C[C@H](F)C6)nc4c3F)c12. The highest BCUT2D eigenvalue weighted by Crippen LogP contribution is 2.53. The van der Waals surface area contributed by atoms with Crippen LogP contribution in [0.4, 0.5) is 13.2 Å². The van der Waals surface area contributed by atoms with Crippen LogP contribution in [0.1, 0.15) is 69.0 Å². The highest BCUT2D eigenvalue weighted by molar-refractivity contribution is 6.01. The van der Waals surface area contributed by atoms with Gasteiger partial charge in [0.25, 0.3) is 0 Å². The molecular weight excluding hydrogens is 581 g/mol. The van der Waals surface area contributed by atoms with Gasteiger partial charge in [0, 0.05) is 36.0 Å². The Balaban J connectivity index is 1.29. The third-order valence-corrected chi connectivity index (χ3v) is 11.1. The molecule has 2 N–H and O–H groups in total. The van der Waals surface area contributed by atoms with E-state index in [1.54, 1.807) is 12.3 Å². The fraction of sp³-hybridized carbons (Fsp3) is 0.514. The van der Waals surface area contributed by atoms with E-state index in [9.17, 15) is 19.0 Å². The monoisotopic (exact) mass is 618 g/mol. The molecule has 4 fully saturated rings. The summed E-state index contributed by atoms with van der Waals surface area (Å²) in [5.74, 6) is -0.796. The maximum absolute atomic E-state index is 16.9. The smallest absolute Gasteiger partial charge is 0.317 e. The second-order valence-corrected chi connectivity index (χ2v) is 13.7. The predicted octanol–water partition coefficient (Wildman–Crippen LogP) is 6.61. The van der Waals surface area contributed by atoms with Crippen molar-refractivity contribution in [2.75, 3.05) is 19.7 Å². The van der Waals surface area contributed by atoms with E-state index in [2.05, 4.69) is 14.9 Å². The molecule has 7 nitrogen and oxygen atoms in total. The van der Waals surface area contributed by atoms with Crippen molar-refractivity contribution in [2.45, 2.75) is 82.0 Å². The molecule has 4 aliphatic rings. The lowest BCUT2D eigenvalue weighted by molar-refractivity contribution is 0.0822. The van der Waals surface area contributed by atoms with Gasteiger partial charge in [-0.25, -0.2) is 13.2 Å². The van der Waals surface area contributed by atoms with Crippen molar-refractivity contribution < 1.29 is 28.1 Å². The Kier molecular flexibility index (Phi) is 6.94. The number of aromatic hydroxyl groups is 1. The number of aliphatic hydroxyl groups is 1. The van der Waals surface area contributed by atoms with Gasteiger partial charge in [-0.2, -0.15) is 9.97 Å². The van der Waals surface area contributed by atoms with Gasteiger partial charge >= 0.3 is 6.01 Å². The lowest BCUT2D eigenvalue weighted by Gasteiger charge is -2.33. The van der Waals surface area contributed by atoms with Gasteiger partial charge in [0.2, 0.25) is 0 Å². The molecule has 2 bridgehead atoms. The number of aromatic nitrogens is 3. The van der Waals surface area contributed by atoms with Crippen LogP contribution in [0.3, 0.4) is 0 Å². The van der Waals surface area contributed by atoms with Crippen LogP contribution >= 0.6 is 0 Å². The first-order valence-electron chi connectivity index (χ1n) is 16.2. The number of nitrogens with zero attached hydrogens (tertiary/aromatic N) is 4. The number of benzene rings is 2. The number of halogens is 3. The van der Waals surface area contributed by atoms with E-state index in [4.69, 9.17) is 9.72 Å². The number of ether oxygens (including phenoxy) is 1. The first-order valence-corrected chi connectivity index (χ1v) is 16.2. The van der Waals surface area contributed by atoms with E-state index in [-0.39, 0.29) is 59.0 Å². The van der Waals surface area contributed by atoms with Gasteiger partial charge in [-0.3, -0.25) is 9.88 Å². The fourth-order valence-electron chi connectivity index (χ4n) is 9.19. The van der Waals surface area contributed by atoms with E-state index in [1.165, 1.54) is 18.2 Å². The second kappa shape index (κ2) is 10.8. The molecule has 0 spiro atoms. The zero-order valence-corrected chi connectivity index (χ0v) is 25.3. The van der Waals surface area contributed by atoms with E-state index in [0.717, 1.165) is 32.2 Å². The summed E-state index contributed by atoms with van der Waals surface area (Å²) >= 11 is 0.